The average molecular weight is 544 g/mol. The SMILES string of the molecule is COCc1cc(N2CCN(C/C=C/c3ccccc3)CC2)nc(SCc2cccc(C(=O)N3CCCC3)c2)n1. The van der Waals surface area contributed by atoms with Crippen LogP contribution in [0.25, 0.3) is 6.08 Å². The first-order chi connectivity index (χ1) is 19.2. The van der Waals surface area contributed by atoms with Crippen molar-refractivity contribution < 1.29 is 9.53 Å². The Balaban J connectivity index is 1.19. The quantitative estimate of drug-likeness (QED) is 0.264. The number of anilines is 1. The van der Waals surface area contributed by atoms with E-state index < -0.39 is 0 Å². The van der Waals surface area contributed by atoms with Gasteiger partial charge >= 0.3 is 0 Å². The average Bonchev–Trinajstić information content (AvgIpc) is 3.52. The maximum atomic E-state index is 12.8. The number of aromatic nitrogens is 2. The molecule has 0 radical (unpaired) electrons. The van der Waals surface area contributed by atoms with Gasteiger partial charge in [-0.2, -0.15) is 0 Å². The van der Waals surface area contributed by atoms with Crippen molar-refractivity contribution in [2.45, 2.75) is 30.4 Å². The lowest BCUT2D eigenvalue weighted by molar-refractivity contribution is 0.0792. The van der Waals surface area contributed by atoms with Gasteiger partial charge in [0, 0.05) is 70.3 Å². The Hall–Kier alpha value is -3.20. The number of benzene rings is 2. The molecule has 7 nitrogen and oxygen atoms in total. The topological polar surface area (TPSA) is 61.8 Å². The first kappa shape index (κ1) is 27.4. The van der Waals surface area contributed by atoms with Crippen molar-refractivity contribution in [3.63, 3.8) is 0 Å². The Morgan fingerprint density at radius 3 is 2.51 bits per heavy atom. The number of nitrogens with zero attached hydrogens (tertiary/aromatic N) is 5. The summed E-state index contributed by atoms with van der Waals surface area (Å²) in [5.41, 5.74) is 3.99. The van der Waals surface area contributed by atoms with Crippen LogP contribution in [0.15, 0.2) is 71.9 Å². The smallest absolute Gasteiger partial charge is 0.253 e. The van der Waals surface area contributed by atoms with Crippen LogP contribution in [0.4, 0.5) is 5.82 Å². The second kappa shape index (κ2) is 13.7. The van der Waals surface area contributed by atoms with Gasteiger partial charge in [0.15, 0.2) is 5.16 Å². The molecule has 2 aliphatic heterocycles. The summed E-state index contributed by atoms with van der Waals surface area (Å²) in [4.78, 5) is 29.3. The summed E-state index contributed by atoms with van der Waals surface area (Å²) in [5.74, 6) is 1.80. The second-order valence-corrected chi connectivity index (χ2v) is 11.0. The molecule has 2 aliphatic rings. The molecule has 3 heterocycles. The van der Waals surface area contributed by atoms with Gasteiger partial charge < -0.3 is 14.5 Å². The van der Waals surface area contributed by atoms with Crippen LogP contribution in [0.2, 0.25) is 0 Å². The van der Waals surface area contributed by atoms with Gasteiger partial charge in [0.1, 0.15) is 5.82 Å². The van der Waals surface area contributed by atoms with Crippen molar-refractivity contribution >= 4 is 29.6 Å². The Morgan fingerprint density at radius 1 is 0.949 bits per heavy atom. The molecule has 204 valence electrons. The van der Waals surface area contributed by atoms with Crippen molar-refractivity contribution in [2.75, 3.05) is 57.8 Å². The molecule has 0 aliphatic carbocycles. The van der Waals surface area contributed by atoms with E-state index in [0.717, 1.165) is 86.5 Å². The second-order valence-electron chi connectivity index (χ2n) is 10.0. The molecule has 0 atom stereocenters. The minimum atomic E-state index is 0.134. The van der Waals surface area contributed by atoms with Crippen LogP contribution in [0.5, 0.6) is 0 Å². The number of carbonyl (C=O) groups is 1. The summed E-state index contributed by atoms with van der Waals surface area (Å²) < 4.78 is 5.40. The molecule has 0 bridgehead atoms. The first-order valence-corrected chi connectivity index (χ1v) is 14.7. The maximum absolute atomic E-state index is 12.8. The molecule has 2 aromatic carbocycles. The van der Waals surface area contributed by atoms with Crippen LogP contribution in [0.1, 0.15) is 40.0 Å². The maximum Gasteiger partial charge on any atom is 0.253 e. The Morgan fingerprint density at radius 2 is 1.74 bits per heavy atom. The molecule has 2 saturated heterocycles. The summed E-state index contributed by atoms with van der Waals surface area (Å²) in [7, 11) is 1.69. The molecule has 2 fully saturated rings. The van der Waals surface area contributed by atoms with E-state index in [1.54, 1.807) is 18.9 Å². The number of likely N-dealkylation sites (tertiary alicyclic amines) is 1. The molecule has 1 amide bonds. The largest absolute Gasteiger partial charge is 0.378 e. The third-order valence-corrected chi connectivity index (χ3v) is 8.06. The predicted molar refractivity (Wildman–Crippen MR) is 158 cm³/mol. The number of methoxy groups -OCH3 is 1. The summed E-state index contributed by atoms with van der Waals surface area (Å²) in [6.45, 7) is 6.95. The van der Waals surface area contributed by atoms with Crippen LogP contribution < -0.4 is 4.90 Å². The zero-order chi connectivity index (χ0) is 26.9. The molecule has 8 heteroatoms. The third kappa shape index (κ3) is 7.68. The van der Waals surface area contributed by atoms with Crippen molar-refractivity contribution in [2.24, 2.45) is 0 Å². The van der Waals surface area contributed by atoms with Gasteiger partial charge in [0.05, 0.1) is 12.3 Å². The van der Waals surface area contributed by atoms with E-state index in [9.17, 15) is 4.79 Å². The fraction of sp³-hybridized carbons (Fsp3) is 0.387. The van der Waals surface area contributed by atoms with Gasteiger partial charge in [0.25, 0.3) is 5.91 Å². The van der Waals surface area contributed by atoms with Gasteiger partial charge in [-0.1, -0.05) is 66.4 Å². The van der Waals surface area contributed by atoms with E-state index in [4.69, 9.17) is 14.7 Å². The predicted octanol–water partition coefficient (Wildman–Crippen LogP) is 4.99. The normalized spacial score (nSPS) is 16.3. The monoisotopic (exact) mass is 543 g/mol. The van der Waals surface area contributed by atoms with Crippen LogP contribution in [0, 0.1) is 0 Å². The Bertz CT molecular complexity index is 1250. The zero-order valence-corrected chi connectivity index (χ0v) is 23.5. The van der Waals surface area contributed by atoms with E-state index in [2.05, 4.69) is 52.3 Å². The lowest BCUT2D eigenvalue weighted by atomic mass is 10.1. The summed E-state index contributed by atoms with van der Waals surface area (Å²) >= 11 is 1.61. The lowest BCUT2D eigenvalue weighted by Crippen LogP contribution is -2.46. The van der Waals surface area contributed by atoms with E-state index in [1.165, 1.54) is 5.56 Å². The highest BCUT2D eigenvalue weighted by Crippen LogP contribution is 2.25. The molecule has 0 N–H and O–H groups in total. The minimum absolute atomic E-state index is 0.134. The Kier molecular flexibility index (Phi) is 9.64. The van der Waals surface area contributed by atoms with Crippen molar-refractivity contribution in [3.8, 4) is 0 Å². The number of ether oxygens (including phenoxy) is 1. The molecule has 0 saturated carbocycles. The molecule has 5 rings (SSSR count). The van der Waals surface area contributed by atoms with Crippen LogP contribution in [-0.2, 0) is 17.1 Å². The fourth-order valence-electron chi connectivity index (χ4n) is 5.01. The van der Waals surface area contributed by atoms with E-state index >= 15 is 0 Å². The molecule has 39 heavy (non-hydrogen) atoms. The Labute approximate surface area is 235 Å². The summed E-state index contributed by atoms with van der Waals surface area (Å²) in [6, 6.07) is 20.5. The number of hydrogen-bond acceptors (Lipinski definition) is 7. The number of thioether (sulfide) groups is 1. The van der Waals surface area contributed by atoms with Gasteiger partial charge in [-0.05, 0) is 36.1 Å². The number of hydrogen-bond donors (Lipinski definition) is 0. The van der Waals surface area contributed by atoms with Gasteiger partial charge in [-0.15, -0.1) is 0 Å². The van der Waals surface area contributed by atoms with Gasteiger partial charge in [0.2, 0.25) is 0 Å². The lowest BCUT2D eigenvalue weighted by Gasteiger charge is -2.35. The molecular formula is C31H37N5O2S. The van der Waals surface area contributed by atoms with Crippen LogP contribution >= 0.6 is 11.8 Å². The zero-order valence-electron chi connectivity index (χ0n) is 22.7. The number of amides is 1. The highest BCUT2D eigenvalue weighted by Gasteiger charge is 2.21. The van der Waals surface area contributed by atoms with Crippen LogP contribution in [0.3, 0.4) is 0 Å². The summed E-state index contributed by atoms with van der Waals surface area (Å²) in [5, 5.41) is 0.740. The molecule has 0 spiro atoms. The van der Waals surface area contributed by atoms with Crippen LogP contribution in [-0.4, -0.2) is 78.6 Å². The number of piperazine rings is 1. The van der Waals surface area contributed by atoms with Gasteiger partial charge in [-0.3, -0.25) is 9.69 Å². The fourth-order valence-corrected chi connectivity index (χ4v) is 5.83. The highest BCUT2D eigenvalue weighted by atomic mass is 32.2. The van der Waals surface area contributed by atoms with Gasteiger partial charge in [-0.25, -0.2) is 9.97 Å². The van der Waals surface area contributed by atoms with Crippen molar-refractivity contribution in [1.82, 2.24) is 19.8 Å². The molecule has 3 aromatic rings. The molecule has 1 aromatic heterocycles. The number of rotatable bonds is 10. The van der Waals surface area contributed by atoms with Crippen molar-refractivity contribution in [3.05, 3.63) is 89.1 Å². The molecular weight excluding hydrogens is 506 g/mol. The molecule has 0 unspecified atom stereocenters. The first-order valence-electron chi connectivity index (χ1n) is 13.7. The van der Waals surface area contributed by atoms with E-state index in [-0.39, 0.29) is 5.91 Å². The third-order valence-electron chi connectivity index (χ3n) is 7.14. The van der Waals surface area contributed by atoms with Crippen molar-refractivity contribution in [1.29, 1.82) is 0 Å². The standard InChI is InChI=1S/C31H37N5O2S/c1-38-23-28-22-29(35-19-17-34(18-20-35)14-8-12-25-9-3-2-4-10-25)33-31(32-28)39-24-26-11-7-13-27(21-26)30(37)36-15-5-6-16-36/h2-4,7-13,21-22H,5-6,14-20,23-24H2,1H3/b12-8+. The highest BCUT2D eigenvalue weighted by molar-refractivity contribution is 7.98. The summed E-state index contributed by atoms with van der Waals surface area (Å²) in [6.07, 6.45) is 6.63. The minimum Gasteiger partial charge on any atom is -0.378 e. The van der Waals surface area contributed by atoms with E-state index in [0.29, 0.717) is 12.4 Å². The van der Waals surface area contributed by atoms with E-state index in [1.807, 2.05) is 35.2 Å². The number of carbonyl (C=O) groups excluding carboxylic acids is 1.